The van der Waals surface area contributed by atoms with Gasteiger partial charge < -0.3 is 4.74 Å². The van der Waals surface area contributed by atoms with Crippen LogP contribution in [-0.2, 0) is 0 Å². The Morgan fingerprint density at radius 2 is 1.84 bits per heavy atom. The van der Waals surface area contributed by atoms with Crippen LogP contribution in [0.15, 0.2) is 46.9 Å². The summed E-state index contributed by atoms with van der Waals surface area (Å²) in [5.74, 6) is 0.548. The fraction of sp³-hybridized carbons (Fsp3) is 0. The van der Waals surface area contributed by atoms with Gasteiger partial charge in [0.25, 0.3) is 0 Å². The average Bonchev–Trinajstić information content (AvgIpc) is 2.41. The molecular weight excluding hydrogens is 314 g/mol. The van der Waals surface area contributed by atoms with Crippen molar-refractivity contribution in [1.82, 2.24) is 0 Å². The van der Waals surface area contributed by atoms with Crippen molar-refractivity contribution in [2.24, 2.45) is 0 Å². The molecule has 0 heterocycles. The van der Waals surface area contributed by atoms with Crippen LogP contribution in [0, 0.1) is 10.1 Å². The molecule has 96 valence electrons. The maximum absolute atomic E-state index is 10.9. The van der Waals surface area contributed by atoms with E-state index in [-0.39, 0.29) is 11.4 Å². The summed E-state index contributed by atoms with van der Waals surface area (Å²) in [5, 5.41) is 10.9. The van der Waals surface area contributed by atoms with E-state index in [0.717, 1.165) is 0 Å². The SMILES string of the molecule is O=Cc1ccc(Oc2c(Br)cccc2[N+](=O)[O-])cc1. The van der Waals surface area contributed by atoms with Crippen LogP contribution in [0.1, 0.15) is 10.4 Å². The number of hydrogen-bond donors (Lipinski definition) is 0. The average molecular weight is 322 g/mol. The zero-order valence-electron chi connectivity index (χ0n) is 9.58. The first kappa shape index (κ1) is 13.2. The standard InChI is InChI=1S/C13H8BrNO4/c14-11-2-1-3-12(15(17)18)13(11)19-10-6-4-9(8-16)5-7-10/h1-8H. The summed E-state index contributed by atoms with van der Waals surface area (Å²) in [6, 6.07) is 10.9. The van der Waals surface area contributed by atoms with Gasteiger partial charge in [0.2, 0.25) is 5.75 Å². The van der Waals surface area contributed by atoms with E-state index in [0.29, 0.717) is 22.1 Å². The summed E-state index contributed by atoms with van der Waals surface area (Å²) in [5.41, 5.74) is 0.378. The summed E-state index contributed by atoms with van der Waals surface area (Å²) >= 11 is 3.22. The van der Waals surface area contributed by atoms with E-state index in [4.69, 9.17) is 4.74 Å². The molecule has 0 saturated carbocycles. The van der Waals surface area contributed by atoms with Crippen LogP contribution >= 0.6 is 15.9 Å². The number of benzene rings is 2. The number of nitro groups is 1. The molecule has 0 aliphatic heterocycles. The number of carbonyl (C=O) groups excluding carboxylic acids is 1. The Morgan fingerprint density at radius 1 is 1.16 bits per heavy atom. The lowest BCUT2D eigenvalue weighted by Gasteiger charge is -2.08. The molecule has 0 bridgehead atoms. The van der Waals surface area contributed by atoms with Gasteiger partial charge in [0.05, 0.1) is 9.40 Å². The van der Waals surface area contributed by atoms with E-state index >= 15 is 0 Å². The molecule has 0 fully saturated rings. The molecule has 2 rings (SSSR count). The van der Waals surface area contributed by atoms with Gasteiger partial charge in [0.1, 0.15) is 12.0 Å². The number of ether oxygens (including phenoxy) is 1. The Balaban J connectivity index is 2.36. The molecule has 0 radical (unpaired) electrons. The van der Waals surface area contributed by atoms with Crippen molar-refractivity contribution in [3.8, 4) is 11.5 Å². The maximum atomic E-state index is 10.9. The highest BCUT2D eigenvalue weighted by Gasteiger charge is 2.18. The van der Waals surface area contributed by atoms with Crippen molar-refractivity contribution in [3.63, 3.8) is 0 Å². The van der Waals surface area contributed by atoms with Gasteiger partial charge in [-0.1, -0.05) is 6.07 Å². The summed E-state index contributed by atoms with van der Waals surface area (Å²) < 4.78 is 5.98. The minimum absolute atomic E-state index is 0.131. The smallest absolute Gasteiger partial charge is 0.312 e. The third-order valence-corrected chi connectivity index (χ3v) is 3.00. The summed E-state index contributed by atoms with van der Waals surface area (Å²) in [6.07, 6.45) is 0.713. The highest BCUT2D eigenvalue weighted by Crippen LogP contribution is 2.37. The van der Waals surface area contributed by atoms with E-state index < -0.39 is 4.92 Å². The summed E-state index contributed by atoms with van der Waals surface area (Å²) in [6.45, 7) is 0. The molecule has 0 aromatic heterocycles. The highest BCUT2D eigenvalue weighted by molar-refractivity contribution is 9.10. The molecule has 0 aliphatic carbocycles. The molecule has 0 spiro atoms. The van der Waals surface area contributed by atoms with Crippen LogP contribution < -0.4 is 4.74 Å². The Labute approximate surface area is 117 Å². The summed E-state index contributed by atoms with van der Waals surface area (Å²) in [4.78, 5) is 20.9. The number of carbonyl (C=O) groups is 1. The fourth-order valence-electron chi connectivity index (χ4n) is 1.47. The third-order valence-electron chi connectivity index (χ3n) is 2.38. The number of hydrogen-bond acceptors (Lipinski definition) is 4. The molecular formula is C13H8BrNO4. The second-order valence-corrected chi connectivity index (χ2v) is 4.49. The topological polar surface area (TPSA) is 69.4 Å². The molecule has 0 saturated heterocycles. The molecule has 0 unspecified atom stereocenters. The largest absolute Gasteiger partial charge is 0.449 e. The fourth-order valence-corrected chi connectivity index (χ4v) is 1.91. The van der Waals surface area contributed by atoms with Crippen molar-refractivity contribution in [3.05, 3.63) is 62.6 Å². The Bertz CT molecular complexity index is 625. The highest BCUT2D eigenvalue weighted by atomic mass is 79.9. The number of halogens is 1. The lowest BCUT2D eigenvalue weighted by molar-refractivity contribution is -0.385. The van der Waals surface area contributed by atoms with Crippen molar-refractivity contribution in [1.29, 1.82) is 0 Å². The number of nitrogens with zero attached hydrogens (tertiary/aromatic N) is 1. The van der Waals surface area contributed by atoms with Gasteiger partial charge in [-0.25, -0.2) is 0 Å². The lowest BCUT2D eigenvalue weighted by atomic mass is 10.2. The van der Waals surface area contributed by atoms with Gasteiger partial charge in [0, 0.05) is 11.6 Å². The molecule has 0 atom stereocenters. The van der Waals surface area contributed by atoms with Gasteiger partial charge in [-0.15, -0.1) is 0 Å². The first-order valence-corrected chi connectivity index (χ1v) is 6.07. The van der Waals surface area contributed by atoms with Crippen molar-refractivity contribution < 1.29 is 14.5 Å². The minimum atomic E-state index is -0.514. The number of nitro benzene ring substituents is 1. The van der Waals surface area contributed by atoms with E-state index in [1.54, 1.807) is 36.4 Å². The molecule has 6 heteroatoms. The maximum Gasteiger partial charge on any atom is 0.312 e. The van der Waals surface area contributed by atoms with Crippen molar-refractivity contribution >= 4 is 27.9 Å². The number of rotatable bonds is 4. The Hall–Kier alpha value is -2.21. The van der Waals surface area contributed by atoms with E-state index in [1.807, 2.05) is 0 Å². The quantitative estimate of drug-likeness (QED) is 0.485. The van der Waals surface area contributed by atoms with E-state index in [1.165, 1.54) is 6.07 Å². The normalized spacial score (nSPS) is 9.95. The predicted molar refractivity (Wildman–Crippen MR) is 72.7 cm³/mol. The molecule has 5 nitrogen and oxygen atoms in total. The van der Waals surface area contributed by atoms with Crippen LogP contribution in [0.2, 0.25) is 0 Å². The Kier molecular flexibility index (Phi) is 3.91. The molecule has 0 aliphatic rings. The van der Waals surface area contributed by atoms with Crippen LogP contribution in [0.3, 0.4) is 0 Å². The zero-order chi connectivity index (χ0) is 13.8. The predicted octanol–water partition coefficient (Wildman–Crippen LogP) is 3.96. The Morgan fingerprint density at radius 3 is 2.42 bits per heavy atom. The lowest BCUT2D eigenvalue weighted by Crippen LogP contribution is -1.94. The molecule has 0 amide bonds. The first-order chi connectivity index (χ1) is 9.11. The van der Waals surface area contributed by atoms with Gasteiger partial charge in [-0.05, 0) is 46.3 Å². The van der Waals surface area contributed by atoms with E-state index in [2.05, 4.69) is 15.9 Å². The molecule has 19 heavy (non-hydrogen) atoms. The summed E-state index contributed by atoms with van der Waals surface area (Å²) in [7, 11) is 0. The van der Waals surface area contributed by atoms with Gasteiger partial charge in [-0.3, -0.25) is 14.9 Å². The first-order valence-electron chi connectivity index (χ1n) is 5.28. The van der Waals surface area contributed by atoms with Crippen LogP contribution in [0.25, 0.3) is 0 Å². The van der Waals surface area contributed by atoms with E-state index in [9.17, 15) is 14.9 Å². The second-order valence-electron chi connectivity index (χ2n) is 3.63. The van der Waals surface area contributed by atoms with Crippen LogP contribution in [0.4, 0.5) is 5.69 Å². The molecule has 2 aromatic rings. The second kappa shape index (κ2) is 5.62. The van der Waals surface area contributed by atoms with Crippen molar-refractivity contribution in [2.75, 3.05) is 0 Å². The molecule has 0 N–H and O–H groups in total. The molecule has 2 aromatic carbocycles. The van der Waals surface area contributed by atoms with Gasteiger partial charge in [0.15, 0.2) is 0 Å². The van der Waals surface area contributed by atoms with Crippen LogP contribution in [0.5, 0.6) is 11.5 Å². The number of aldehydes is 1. The third kappa shape index (κ3) is 2.97. The van der Waals surface area contributed by atoms with Crippen molar-refractivity contribution in [2.45, 2.75) is 0 Å². The van der Waals surface area contributed by atoms with Gasteiger partial charge in [-0.2, -0.15) is 0 Å². The minimum Gasteiger partial charge on any atom is -0.449 e. The van der Waals surface area contributed by atoms with Crippen LogP contribution in [-0.4, -0.2) is 11.2 Å². The monoisotopic (exact) mass is 321 g/mol. The zero-order valence-corrected chi connectivity index (χ0v) is 11.2. The van der Waals surface area contributed by atoms with Gasteiger partial charge >= 0.3 is 5.69 Å². The number of para-hydroxylation sites is 1.